The average Bonchev–Trinajstić information content (AvgIpc) is 2.58. The van der Waals surface area contributed by atoms with E-state index in [0.29, 0.717) is 0 Å². The van der Waals surface area contributed by atoms with Gasteiger partial charge in [-0.15, -0.1) is 11.3 Å². The lowest BCUT2D eigenvalue weighted by Gasteiger charge is -1.83. The van der Waals surface area contributed by atoms with Gasteiger partial charge in [-0.05, 0) is 47.1 Å². The van der Waals surface area contributed by atoms with Gasteiger partial charge in [0.1, 0.15) is 0 Å². The van der Waals surface area contributed by atoms with Crippen molar-refractivity contribution in [2.75, 3.05) is 0 Å². The summed E-state index contributed by atoms with van der Waals surface area (Å²) in [6, 6.07) is 2.11. The van der Waals surface area contributed by atoms with Gasteiger partial charge in [-0.1, -0.05) is 0 Å². The summed E-state index contributed by atoms with van der Waals surface area (Å²) in [6.45, 7) is 2.09. The van der Waals surface area contributed by atoms with Crippen LogP contribution in [0.5, 0.6) is 0 Å². The van der Waals surface area contributed by atoms with Crippen LogP contribution in [0.15, 0.2) is 11.4 Å². The minimum absolute atomic E-state index is 0.855. The molecule has 5 heteroatoms. The molecule has 0 aliphatic carbocycles. The van der Waals surface area contributed by atoms with Gasteiger partial charge in [0.05, 0.1) is 0 Å². The second kappa shape index (κ2) is 3.39. The summed E-state index contributed by atoms with van der Waals surface area (Å²) < 4.78 is 5.22. The summed E-state index contributed by atoms with van der Waals surface area (Å²) in [5.41, 5.74) is 1.14. The molecule has 0 N–H and O–H groups in total. The number of rotatable bonds is 1. The Balaban J connectivity index is 2.43. The van der Waals surface area contributed by atoms with Crippen LogP contribution in [0.3, 0.4) is 0 Å². The van der Waals surface area contributed by atoms with Gasteiger partial charge in [-0.3, -0.25) is 0 Å². The van der Waals surface area contributed by atoms with E-state index in [9.17, 15) is 0 Å². The Bertz CT molecular complexity index is 355. The molecule has 0 radical (unpaired) electrons. The summed E-state index contributed by atoms with van der Waals surface area (Å²) in [7, 11) is 0. The Morgan fingerprint density at radius 2 is 2.33 bits per heavy atom. The first-order valence-electron chi connectivity index (χ1n) is 3.30. The molecule has 2 rings (SSSR count). The molecular weight excluding hydrogens is 303 g/mol. The Labute approximate surface area is 92.0 Å². The van der Waals surface area contributed by atoms with Crippen molar-refractivity contribution >= 4 is 45.5 Å². The molecule has 0 aliphatic heterocycles. The summed E-state index contributed by atoms with van der Waals surface area (Å²) >= 11 is 5.35. The number of nitrogens with zero attached hydrogens (tertiary/aromatic N) is 2. The van der Waals surface area contributed by atoms with Crippen molar-refractivity contribution in [1.29, 1.82) is 0 Å². The molecule has 0 saturated carbocycles. The number of aryl methyl sites for hydroxylation is 1. The highest BCUT2D eigenvalue weighted by Crippen LogP contribution is 2.24. The standard InChI is InChI=1S/C7H5IN2S2/c1-4-2-5(3-11-4)6-9-7(8)12-10-6/h2-3H,1H3. The third-order valence-corrected chi connectivity index (χ3v) is 3.59. The highest BCUT2D eigenvalue weighted by atomic mass is 127. The van der Waals surface area contributed by atoms with Crippen molar-refractivity contribution in [1.82, 2.24) is 9.36 Å². The molecule has 2 aromatic heterocycles. The van der Waals surface area contributed by atoms with Crippen LogP contribution >= 0.6 is 45.5 Å². The van der Waals surface area contributed by atoms with Gasteiger partial charge in [0.15, 0.2) is 8.84 Å². The van der Waals surface area contributed by atoms with E-state index in [1.54, 1.807) is 11.3 Å². The van der Waals surface area contributed by atoms with Gasteiger partial charge in [-0.25, -0.2) is 4.98 Å². The first-order valence-corrected chi connectivity index (χ1v) is 6.03. The third-order valence-electron chi connectivity index (χ3n) is 1.39. The summed E-state index contributed by atoms with van der Waals surface area (Å²) in [4.78, 5) is 5.60. The molecule has 0 atom stereocenters. The Morgan fingerprint density at radius 3 is 2.83 bits per heavy atom. The highest BCUT2D eigenvalue weighted by molar-refractivity contribution is 14.1. The highest BCUT2D eigenvalue weighted by Gasteiger charge is 2.05. The quantitative estimate of drug-likeness (QED) is 0.756. The van der Waals surface area contributed by atoms with Gasteiger partial charge < -0.3 is 0 Å². The molecule has 0 aromatic carbocycles. The topological polar surface area (TPSA) is 25.8 Å². The van der Waals surface area contributed by atoms with E-state index in [1.807, 2.05) is 0 Å². The predicted octanol–water partition coefficient (Wildman–Crippen LogP) is 3.18. The molecular formula is C7H5IN2S2. The van der Waals surface area contributed by atoms with E-state index in [1.165, 1.54) is 16.4 Å². The van der Waals surface area contributed by atoms with E-state index in [2.05, 4.69) is 50.3 Å². The molecule has 0 fully saturated rings. The smallest absolute Gasteiger partial charge is 0.174 e. The molecule has 12 heavy (non-hydrogen) atoms. The number of halogens is 1. The Hall–Kier alpha value is -0.0100. The minimum Gasteiger partial charge on any atom is -0.209 e. The Kier molecular flexibility index (Phi) is 2.42. The zero-order valence-corrected chi connectivity index (χ0v) is 10.0. The predicted molar refractivity (Wildman–Crippen MR) is 60.7 cm³/mol. The Morgan fingerprint density at radius 1 is 1.50 bits per heavy atom. The first kappa shape index (κ1) is 8.58. The summed E-state index contributed by atoms with van der Waals surface area (Å²) in [5, 5.41) is 2.09. The van der Waals surface area contributed by atoms with Crippen LogP contribution in [-0.4, -0.2) is 9.36 Å². The average molecular weight is 308 g/mol. The van der Waals surface area contributed by atoms with E-state index in [0.717, 1.165) is 14.4 Å². The number of thiophene rings is 1. The van der Waals surface area contributed by atoms with Crippen LogP contribution in [0.2, 0.25) is 0 Å². The fourth-order valence-electron chi connectivity index (χ4n) is 0.883. The maximum absolute atomic E-state index is 4.30. The monoisotopic (exact) mass is 308 g/mol. The van der Waals surface area contributed by atoms with Crippen LogP contribution in [0, 0.1) is 9.94 Å². The van der Waals surface area contributed by atoms with Gasteiger partial charge >= 0.3 is 0 Å². The zero-order valence-electron chi connectivity index (χ0n) is 6.24. The van der Waals surface area contributed by atoms with Crippen molar-refractivity contribution in [3.63, 3.8) is 0 Å². The zero-order chi connectivity index (χ0) is 8.55. The van der Waals surface area contributed by atoms with Crippen molar-refractivity contribution in [2.45, 2.75) is 6.92 Å². The molecule has 0 saturated heterocycles. The maximum atomic E-state index is 4.30. The lowest BCUT2D eigenvalue weighted by atomic mass is 10.3. The molecule has 0 bridgehead atoms. The number of aromatic nitrogens is 2. The fraction of sp³-hybridized carbons (Fsp3) is 0.143. The molecule has 2 aromatic rings. The maximum Gasteiger partial charge on any atom is 0.174 e. The van der Waals surface area contributed by atoms with Crippen LogP contribution in [0.1, 0.15) is 4.88 Å². The van der Waals surface area contributed by atoms with Gasteiger partial charge in [0.25, 0.3) is 0 Å². The van der Waals surface area contributed by atoms with Crippen molar-refractivity contribution in [3.05, 3.63) is 19.3 Å². The first-order chi connectivity index (χ1) is 5.75. The van der Waals surface area contributed by atoms with Crippen LogP contribution in [0.25, 0.3) is 11.4 Å². The molecule has 0 spiro atoms. The van der Waals surface area contributed by atoms with Gasteiger partial charge in [0.2, 0.25) is 0 Å². The SMILES string of the molecule is Cc1cc(-c2nsc(I)n2)cs1. The number of hydrogen-bond acceptors (Lipinski definition) is 4. The van der Waals surface area contributed by atoms with E-state index in [4.69, 9.17) is 0 Å². The minimum atomic E-state index is 0.855. The normalized spacial score (nSPS) is 10.5. The van der Waals surface area contributed by atoms with Crippen LogP contribution in [0.4, 0.5) is 0 Å². The lowest BCUT2D eigenvalue weighted by molar-refractivity contribution is 1.31. The van der Waals surface area contributed by atoms with Crippen molar-refractivity contribution in [3.8, 4) is 11.4 Å². The van der Waals surface area contributed by atoms with E-state index >= 15 is 0 Å². The third kappa shape index (κ3) is 1.67. The molecule has 2 nitrogen and oxygen atoms in total. The fourth-order valence-corrected chi connectivity index (χ4v) is 2.52. The second-order valence-electron chi connectivity index (χ2n) is 2.32. The lowest BCUT2D eigenvalue weighted by Crippen LogP contribution is -1.75. The van der Waals surface area contributed by atoms with Gasteiger partial charge in [0, 0.05) is 15.8 Å². The number of hydrogen-bond donors (Lipinski definition) is 0. The molecule has 0 aliphatic rings. The molecule has 2 heterocycles. The molecule has 0 amide bonds. The van der Waals surface area contributed by atoms with Gasteiger partial charge in [-0.2, -0.15) is 4.37 Å². The second-order valence-corrected chi connectivity index (χ2v) is 5.94. The summed E-state index contributed by atoms with van der Waals surface area (Å²) in [6.07, 6.45) is 0. The molecule has 62 valence electrons. The molecule has 0 unspecified atom stereocenters. The van der Waals surface area contributed by atoms with E-state index in [-0.39, 0.29) is 0 Å². The van der Waals surface area contributed by atoms with Crippen LogP contribution in [-0.2, 0) is 0 Å². The largest absolute Gasteiger partial charge is 0.209 e. The van der Waals surface area contributed by atoms with E-state index < -0.39 is 0 Å². The van der Waals surface area contributed by atoms with Crippen LogP contribution < -0.4 is 0 Å². The van der Waals surface area contributed by atoms with Crippen molar-refractivity contribution < 1.29 is 0 Å². The van der Waals surface area contributed by atoms with Crippen molar-refractivity contribution in [2.24, 2.45) is 0 Å². The summed E-state index contributed by atoms with van der Waals surface area (Å²) in [5.74, 6) is 0.855.